The number of rotatable bonds is 6. The third kappa shape index (κ3) is 10.9. The molecule has 0 unspecified atom stereocenters. The zero-order valence-electron chi connectivity index (χ0n) is 28.5. The zero-order valence-corrected chi connectivity index (χ0v) is 35.4. The van der Waals surface area contributed by atoms with Crippen LogP contribution in [0.4, 0.5) is 0 Å². The Balaban J connectivity index is 0.000000247. The fourth-order valence-electron chi connectivity index (χ4n) is 4.67. The fraction of sp³-hybridized carbons (Fsp3) is 0.471. The van der Waals surface area contributed by atoms with E-state index in [2.05, 4.69) is 130 Å². The van der Waals surface area contributed by atoms with E-state index in [1.54, 1.807) is 0 Å². The van der Waals surface area contributed by atoms with Crippen LogP contribution in [0.2, 0.25) is 52.4 Å². The van der Waals surface area contributed by atoms with Gasteiger partial charge in [-0.3, -0.25) is 0 Å². The second-order valence-corrected chi connectivity index (χ2v) is 45.6. The molecule has 0 heterocycles. The molecule has 232 valence electrons. The molecule has 0 aliphatic rings. The van der Waals surface area contributed by atoms with Crippen LogP contribution < -0.4 is 0 Å². The Labute approximate surface area is 273 Å². The standard InChI is InChI=1S/2C16H23OSi.C2H6Si.2ClH.Zr/c2*1-11-7-8-14(10-17-18(4,5)6)16-13(3)12(2)9-15(11)16;1-3-2;;;/h2*7-9H,10H2,1-6H3;1-2H3;2*1H;/q2*-1;;;;+2/p-2. The zero-order chi connectivity index (χ0) is 32.2. The van der Waals surface area contributed by atoms with E-state index in [9.17, 15) is 0 Å². The van der Waals surface area contributed by atoms with Crippen LogP contribution in [0.25, 0.3) is 21.5 Å². The topological polar surface area (TPSA) is 18.5 Å². The second-order valence-electron chi connectivity index (χ2n) is 13.6. The maximum absolute atomic E-state index is 6.07. The molecule has 8 heteroatoms. The number of aryl methyl sites for hydroxylation is 6. The first kappa shape index (κ1) is 37.9. The number of benzene rings is 2. The molecule has 0 spiro atoms. The summed E-state index contributed by atoms with van der Waals surface area (Å²) in [6.07, 6.45) is 0. The monoisotopic (exact) mass is 736 g/mol. The summed E-state index contributed by atoms with van der Waals surface area (Å²) in [4.78, 5) is 0. The molecule has 0 bridgehead atoms. The van der Waals surface area contributed by atoms with Crippen molar-refractivity contribution in [2.75, 3.05) is 0 Å². The van der Waals surface area contributed by atoms with E-state index in [0.717, 1.165) is 13.2 Å². The molecule has 42 heavy (non-hydrogen) atoms. The van der Waals surface area contributed by atoms with Crippen LogP contribution in [-0.4, -0.2) is 22.1 Å². The van der Waals surface area contributed by atoms with E-state index in [-0.39, 0.29) is 5.43 Å². The summed E-state index contributed by atoms with van der Waals surface area (Å²) >= 11 is -1.65. The van der Waals surface area contributed by atoms with E-state index in [1.807, 2.05) is 0 Å². The normalized spacial score (nSPS) is 11.7. The van der Waals surface area contributed by atoms with Gasteiger partial charge in [-0.25, -0.2) is 0 Å². The molecule has 0 saturated heterocycles. The van der Waals surface area contributed by atoms with Crippen LogP contribution in [0.5, 0.6) is 0 Å². The molecule has 4 rings (SSSR count). The largest absolute Gasteiger partial charge is 0.414 e. The summed E-state index contributed by atoms with van der Waals surface area (Å²) < 4.78 is 12.1. The summed E-state index contributed by atoms with van der Waals surface area (Å²) in [6, 6.07) is 13.5. The molecule has 4 aromatic rings. The minimum Gasteiger partial charge on any atom is -0.414 e. The SMILES string of the molecule is C[Si](C)=[Zr]([Cl])[Cl].Cc1[cH-]c2c(C)ccc(CO[Si](C)(C)C)c2c1C.Cc1[cH-]c2c(C)ccc(CO[Si](C)(C)C)c2c1C. The van der Waals surface area contributed by atoms with Crippen molar-refractivity contribution in [2.45, 2.75) is 107 Å². The maximum Gasteiger partial charge on any atom is 0.184 e. The smallest absolute Gasteiger partial charge is 0.184 e. The van der Waals surface area contributed by atoms with Crippen molar-refractivity contribution < 1.29 is 26.8 Å². The third-order valence-electron chi connectivity index (χ3n) is 7.45. The van der Waals surface area contributed by atoms with Crippen molar-refractivity contribution >= 4 is 60.6 Å². The Morgan fingerprint density at radius 3 is 1.21 bits per heavy atom. The summed E-state index contributed by atoms with van der Waals surface area (Å²) in [6.45, 7) is 32.4. The first-order valence-electron chi connectivity index (χ1n) is 14.8. The van der Waals surface area contributed by atoms with Crippen molar-refractivity contribution in [3.63, 3.8) is 0 Å². The number of fused-ring (bicyclic) bond motifs is 2. The van der Waals surface area contributed by atoms with Gasteiger partial charge in [-0.05, 0) is 39.3 Å². The molecule has 0 fully saturated rings. The maximum atomic E-state index is 6.07. The predicted octanol–water partition coefficient (Wildman–Crippen LogP) is 11.8. The molecular weight excluding hydrogens is 687 g/mol. The molecule has 0 saturated carbocycles. The van der Waals surface area contributed by atoms with Gasteiger partial charge in [0.1, 0.15) is 0 Å². The van der Waals surface area contributed by atoms with Gasteiger partial charge in [0.05, 0.1) is 13.2 Å². The average molecular weight is 739 g/mol. The fourth-order valence-corrected chi connectivity index (χ4v) is 5.85. The Kier molecular flexibility index (Phi) is 14.3. The van der Waals surface area contributed by atoms with Crippen LogP contribution in [-0.2, 0) is 40.0 Å². The third-order valence-corrected chi connectivity index (χ3v) is 29.2. The van der Waals surface area contributed by atoms with Crippen LogP contribution in [0.1, 0.15) is 44.5 Å². The summed E-state index contributed by atoms with van der Waals surface area (Å²) in [5, 5.41) is 5.60. The second kappa shape index (κ2) is 15.8. The van der Waals surface area contributed by atoms with Gasteiger partial charge < -0.3 is 8.85 Å². The Morgan fingerprint density at radius 2 is 0.952 bits per heavy atom. The van der Waals surface area contributed by atoms with Crippen molar-refractivity contribution in [1.29, 1.82) is 0 Å². The number of hydrogen-bond acceptors (Lipinski definition) is 2. The minimum absolute atomic E-state index is 0.224. The molecule has 0 atom stereocenters. The molecule has 2 nitrogen and oxygen atoms in total. The van der Waals surface area contributed by atoms with E-state index in [1.165, 1.54) is 66.1 Å². The van der Waals surface area contributed by atoms with E-state index < -0.39 is 34.6 Å². The average Bonchev–Trinajstić information content (AvgIpc) is 3.35. The van der Waals surface area contributed by atoms with Gasteiger partial charge >= 0.3 is 53.5 Å². The van der Waals surface area contributed by atoms with Crippen LogP contribution in [0.15, 0.2) is 36.4 Å². The molecule has 0 N–H and O–H groups in total. The van der Waals surface area contributed by atoms with Crippen LogP contribution in [0, 0.1) is 41.5 Å². The van der Waals surface area contributed by atoms with Crippen molar-refractivity contribution in [1.82, 2.24) is 0 Å². The van der Waals surface area contributed by atoms with E-state index in [4.69, 9.17) is 25.9 Å². The first-order chi connectivity index (χ1) is 19.2. The Hall–Kier alpha value is -0.306. The number of halogens is 2. The predicted molar refractivity (Wildman–Crippen MR) is 193 cm³/mol. The molecule has 0 aliphatic heterocycles. The number of hydrogen-bond donors (Lipinski definition) is 0. The molecule has 0 aliphatic carbocycles. The van der Waals surface area contributed by atoms with Gasteiger partial charge in [-0.15, -0.1) is 68.1 Å². The Bertz CT molecular complexity index is 1430. The van der Waals surface area contributed by atoms with E-state index >= 15 is 0 Å². The summed E-state index contributed by atoms with van der Waals surface area (Å²) in [5.74, 6) is 0. The first-order valence-corrected chi connectivity index (χ1v) is 34.1. The summed E-state index contributed by atoms with van der Waals surface area (Å²) in [7, 11) is 8.34. The van der Waals surface area contributed by atoms with Gasteiger partial charge in [0.25, 0.3) is 0 Å². The van der Waals surface area contributed by atoms with Gasteiger partial charge in [0, 0.05) is 0 Å². The molecule has 0 aromatic heterocycles. The van der Waals surface area contributed by atoms with E-state index in [0.29, 0.717) is 0 Å². The quantitative estimate of drug-likeness (QED) is 0.145. The van der Waals surface area contributed by atoms with Crippen molar-refractivity contribution in [2.24, 2.45) is 0 Å². The van der Waals surface area contributed by atoms with Crippen molar-refractivity contribution in [3.05, 3.63) is 80.9 Å². The Morgan fingerprint density at radius 1 is 0.643 bits per heavy atom. The molecule has 0 amide bonds. The molecule has 4 aromatic carbocycles. The van der Waals surface area contributed by atoms with Gasteiger partial charge in [-0.2, -0.15) is 11.1 Å². The minimum atomic E-state index is -1.65. The molecule has 0 radical (unpaired) electrons. The van der Waals surface area contributed by atoms with Crippen LogP contribution >= 0.6 is 17.0 Å². The van der Waals surface area contributed by atoms with Crippen LogP contribution in [0.3, 0.4) is 0 Å². The summed E-state index contributed by atoms with van der Waals surface area (Å²) in [5.41, 5.74) is 10.7. The molecular formula is C34H52Cl2O2Si3Zr-2. The van der Waals surface area contributed by atoms with Crippen molar-refractivity contribution in [3.8, 4) is 0 Å². The van der Waals surface area contributed by atoms with Gasteiger partial charge in [0.15, 0.2) is 16.6 Å². The van der Waals surface area contributed by atoms with Gasteiger partial charge in [-0.1, -0.05) is 64.8 Å². The van der Waals surface area contributed by atoms with Gasteiger partial charge in [0.2, 0.25) is 0 Å².